The summed E-state index contributed by atoms with van der Waals surface area (Å²) in [5.41, 5.74) is 2.48. The van der Waals surface area contributed by atoms with E-state index in [0.717, 1.165) is 17.4 Å². The van der Waals surface area contributed by atoms with Gasteiger partial charge in [0.2, 0.25) is 0 Å². The molecule has 0 aliphatic carbocycles. The SMILES string of the molecule is Cn1ccc2cc(-c3cnc4ccc(C(=O)N5CCC[C@](C)(O)C5)cc4n3)ccc2c1=O. The van der Waals surface area contributed by atoms with Gasteiger partial charge in [-0.05, 0) is 61.5 Å². The highest BCUT2D eigenvalue weighted by Gasteiger charge is 2.31. The molecule has 162 valence electrons. The highest BCUT2D eigenvalue weighted by atomic mass is 16.3. The summed E-state index contributed by atoms with van der Waals surface area (Å²) in [6.45, 7) is 2.73. The third-order valence-electron chi connectivity index (χ3n) is 6.13. The zero-order valence-corrected chi connectivity index (χ0v) is 18.1. The Kier molecular flexibility index (Phi) is 4.78. The maximum atomic E-state index is 13.0. The third-order valence-corrected chi connectivity index (χ3v) is 6.13. The van der Waals surface area contributed by atoms with Gasteiger partial charge in [-0.25, -0.2) is 4.98 Å². The van der Waals surface area contributed by atoms with Crippen LogP contribution in [-0.2, 0) is 7.05 Å². The molecule has 1 atom stereocenters. The number of carbonyl (C=O) groups excluding carboxylic acids is 1. The minimum absolute atomic E-state index is 0.0431. The number of aromatic nitrogens is 3. The molecular weight excluding hydrogens is 404 g/mol. The van der Waals surface area contributed by atoms with Gasteiger partial charge in [0.05, 0.1) is 28.5 Å². The number of aryl methyl sites for hydroxylation is 1. The zero-order chi connectivity index (χ0) is 22.5. The van der Waals surface area contributed by atoms with Crippen LogP contribution < -0.4 is 5.56 Å². The zero-order valence-electron chi connectivity index (χ0n) is 18.1. The molecule has 2 aromatic heterocycles. The second-order valence-corrected chi connectivity index (χ2v) is 8.82. The van der Waals surface area contributed by atoms with Crippen LogP contribution in [0.3, 0.4) is 0 Å². The minimum Gasteiger partial charge on any atom is -0.388 e. The normalized spacial score (nSPS) is 18.9. The van der Waals surface area contributed by atoms with Crippen LogP contribution in [0.2, 0.25) is 0 Å². The molecule has 7 heteroatoms. The molecule has 32 heavy (non-hydrogen) atoms. The Labute approximate surface area is 185 Å². The van der Waals surface area contributed by atoms with Crippen LogP contribution in [0.25, 0.3) is 33.1 Å². The molecule has 1 fully saturated rings. The van der Waals surface area contributed by atoms with E-state index in [1.54, 1.807) is 60.1 Å². The quantitative estimate of drug-likeness (QED) is 0.530. The van der Waals surface area contributed by atoms with Crippen molar-refractivity contribution in [3.63, 3.8) is 0 Å². The molecule has 1 aliphatic rings. The average Bonchev–Trinajstić information content (AvgIpc) is 2.79. The highest BCUT2D eigenvalue weighted by Crippen LogP contribution is 2.25. The number of hydrogen-bond donors (Lipinski definition) is 1. The Morgan fingerprint density at radius 3 is 2.78 bits per heavy atom. The van der Waals surface area contributed by atoms with E-state index in [4.69, 9.17) is 4.98 Å². The lowest BCUT2D eigenvalue weighted by atomic mass is 9.94. The fourth-order valence-corrected chi connectivity index (χ4v) is 4.36. The lowest BCUT2D eigenvalue weighted by Crippen LogP contribution is -2.48. The molecule has 0 saturated carbocycles. The summed E-state index contributed by atoms with van der Waals surface area (Å²) in [7, 11) is 1.73. The molecule has 3 heterocycles. The highest BCUT2D eigenvalue weighted by molar-refractivity contribution is 5.97. The largest absolute Gasteiger partial charge is 0.388 e. The van der Waals surface area contributed by atoms with Gasteiger partial charge in [0, 0.05) is 42.8 Å². The fraction of sp³-hybridized carbons (Fsp3) is 0.280. The number of pyridine rings is 1. The summed E-state index contributed by atoms with van der Waals surface area (Å²) in [6.07, 6.45) is 4.92. The molecule has 5 rings (SSSR count). The first-order chi connectivity index (χ1) is 15.3. The van der Waals surface area contributed by atoms with Crippen molar-refractivity contribution in [1.29, 1.82) is 0 Å². The smallest absolute Gasteiger partial charge is 0.258 e. The molecule has 4 aromatic rings. The number of hydrogen-bond acceptors (Lipinski definition) is 5. The van der Waals surface area contributed by atoms with Gasteiger partial charge in [0.15, 0.2) is 0 Å². The van der Waals surface area contributed by atoms with E-state index in [9.17, 15) is 14.7 Å². The van der Waals surface area contributed by atoms with E-state index in [0.29, 0.717) is 47.2 Å². The summed E-state index contributed by atoms with van der Waals surface area (Å²) in [5, 5.41) is 11.8. The van der Waals surface area contributed by atoms with Gasteiger partial charge in [-0.15, -0.1) is 0 Å². The van der Waals surface area contributed by atoms with Crippen molar-refractivity contribution in [2.75, 3.05) is 13.1 Å². The maximum Gasteiger partial charge on any atom is 0.258 e. The van der Waals surface area contributed by atoms with Crippen molar-refractivity contribution < 1.29 is 9.90 Å². The number of aliphatic hydroxyl groups is 1. The van der Waals surface area contributed by atoms with Gasteiger partial charge < -0.3 is 14.6 Å². The molecule has 0 bridgehead atoms. The standard InChI is InChI=1S/C25H24N4O3/c1-25(32)9-3-10-29(15-25)23(30)18-5-7-20-21(13-18)27-22(14-26-20)17-4-6-19-16(12-17)8-11-28(2)24(19)31/h4-8,11-14,32H,3,9-10,15H2,1-2H3/t25-/m0/s1. The molecule has 0 spiro atoms. The van der Waals surface area contributed by atoms with Gasteiger partial charge in [0.25, 0.3) is 11.5 Å². The van der Waals surface area contributed by atoms with Crippen molar-refractivity contribution in [3.05, 3.63) is 70.8 Å². The van der Waals surface area contributed by atoms with Crippen LogP contribution in [0, 0.1) is 0 Å². The molecule has 1 aliphatic heterocycles. The van der Waals surface area contributed by atoms with E-state index in [1.807, 2.05) is 18.2 Å². The Hall–Kier alpha value is -3.58. The summed E-state index contributed by atoms with van der Waals surface area (Å²) >= 11 is 0. The molecule has 1 N–H and O–H groups in total. The second-order valence-electron chi connectivity index (χ2n) is 8.82. The number of rotatable bonds is 2. The molecule has 0 radical (unpaired) electrons. The van der Waals surface area contributed by atoms with Crippen LogP contribution in [-0.4, -0.2) is 49.1 Å². The molecular formula is C25H24N4O3. The Balaban J connectivity index is 1.51. The maximum absolute atomic E-state index is 13.0. The van der Waals surface area contributed by atoms with Gasteiger partial charge in [-0.3, -0.25) is 14.6 Å². The van der Waals surface area contributed by atoms with Crippen molar-refractivity contribution in [2.24, 2.45) is 7.05 Å². The predicted molar refractivity (Wildman–Crippen MR) is 123 cm³/mol. The summed E-state index contributed by atoms with van der Waals surface area (Å²) in [5.74, 6) is -0.111. The Morgan fingerprint density at radius 1 is 1.12 bits per heavy atom. The van der Waals surface area contributed by atoms with Crippen molar-refractivity contribution in [3.8, 4) is 11.3 Å². The van der Waals surface area contributed by atoms with Gasteiger partial charge in [-0.2, -0.15) is 0 Å². The number of amides is 1. The first-order valence-corrected chi connectivity index (χ1v) is 10.7. The van der Waals surface area contributed by atoms with Crippen molar-refractivity contribution in [2.45, 2.75) is 25.4 Å². The molecule has 1 saturated heterocycles. The number of benzene rings is 2. The van der Waals surface area contributed by atoms with E-state index < -0.39 is 5.60 Å². The molecule has 0 unspecified atom stereocenters. The van der Waals surface area contributed by atoms with Crippen LogP contribution in [0.15, 0.2) is 59.7 Å². The van der Waals surface area contributed by atoms with Gasteiger partial charge >= 0.3 is 0 Å². The van der Waals surface area contributed by atoms with Crippen LogP contribution in [0.4, 0.5) is 0 Å². The lowest BCUT2D eigenvalue weighted by molar-refractivity contribution is -0.0107. The van der Waals surface area contributed by atoms with Crippen LogP contribution in [0.1, 0.15) is 30.1 Å². The van der Waals surface area contributed by atoms with Gasteiger partial charge in [0.1, 0.15) is 0 Å². The molecule has 1 amide bonds. The molecule has 7 nitrogen and oxygen atoms in total. The Bertz CT molecular complexity index is 1420. The van der Waals surface area contributed by atoms with Gasteiger partial charge in [-0.1, -0.05) is 6.07 Å². The van der Waals surface area contributed by atoms with E-state index >= 15 is 0 Å². The number of β-amino-alcohol motifs (C(OH)–C–C–N with tert-alkyl or cyclic N) is 1. The lowest BCUT2D eigenvalue weighted by Gasteiger charge is -2.36. The van der Waals surface area contributed by atoms with Crippen molar-refractivity contribution >= 4 is 27.7 Å². The summed E-state index contributed by atoms with van der Waals surface area (Å²) < 4.78 is 1.55. The van der Waals surface area contributed by atoms with Crippen LogP contribution >= 0.6 is 0 Å². The number of carbonyl (C=O) groups is 1. The first kappa shape index (κ1) is 20.3. The van der Waals surface area contributed by atoms with Crippen LogP contribution in [0.5, 0.6) is 0 Å². The van der Waals surface area contributed by atoms with Crippen molar-refractivity contribution in [1.82, 2.24) is 19.4 Å². The third kappa shape index (κ3) is 3.65. The number of piperidine rings is 1. The first-order valence-electron chi connectivity index (χ1n) is 10.7. The topological polar surface area (TPSA) is 88.3 Å². The molecule has 2 aromatic carbocycles. The number of fused-ring (bicyclic) bond motifs is 2. The minimum atomic E-state index is -0.852. The fourth-order valence-electron chi connectivity index (χ4n) is 4.36. The average molecular weight is 428 g/mol. The van der Waals surface area contributed by atoms with E-state index in [1.165, 1.54) is 0 Å². The summed E-state index contributed by atoms with van der Waals surface area (Å²) in [4.78, 5) is 36.3. The number of likely N-dealkylation sites (tertiary alicyclic amines) is 1. The summed E-state index contributed by atoms with van der Waals surface area (Å²) in [6, 6.07) is 12.8. The second kappa shape index (κ2) is 7.53. The Morgan fingerprint density at radius 2 is 1.97 bits per heavy atom. The monoisotopic (exact) mass is 428 g/mol. The van der Waals surface area contributed by atoms with E-state index in [-0.39, 0.29) is 11.5 Å². The van der Waals surface area contributed by atoms with E-state index in [2.05, 4.69) is 4.98 Å². The number of nitrogens with zero attached hydrogens (tertiary/aromatic N) is 4. The predicted octanol–water partition coefficient (Wildman–Crippen LogP) is 3.14.